The number of nitrogens with zero attached hydrogens (tertiary/aromatic N) is 2. The second-order valence-electron chi connectivity index (χ2n) is 4.15. The van der Waals surface area contributed by atoms with Crippen molar-refractivity contribution in [3.05, 3.63) is 52.7 Å². The van der Waals surface area contributed by atoms with Crippen LogP contribution in [0.4, 0.5) is 5.69 Å². The number of hydrogen-bond acceptors (Lipinski definition) is 4. The molecule has 20 heavy (non-hydrogen) atoms. The lowest BCUT2D eigenvalue weighted by Gasteiger charge is -2.06. The summed E-state index contributed by atoms with van der Waals surface area (Å²) in [7, 11) is 0. The first kappa shape index (κ1) is 12.7. The Balaban J connectivity index is 1.94. The van der Waals surface area contributed by atoms with Gasteiger partial charge < -0.3 is 9.72 Å². The summed E-state index contributed by atoms with van der Waals surface area (Å²) in [5.74, 6) is 1.18. The van der Waals surface area contributed by atoms with E-state index in [0.29, 0.717) is 11.5 Å². The largest absolute Gasteiger partial charge is 0.457 e. The molecule has 2 radical (unpaired) electrons. The van der Waals surface area contributed by atoms with Crippen LogP contribution in [0.2, 0.25) is 0 Å². The van der Waals surface area contributed by atoms with E-state index in [-0.39, 0.29) is 5.69 Å². The molecule has 2 heterocycles. The van der Waals surface area contributed by atoms with Crippen molar-refractivity contribution in [2.75, 3.05) is 0 Å². The van der Waals surface area contributed by atoms with Gasteiger partial charge in [0.1, 0.15) is 17.1 Å². The third-order valence-corrected chi connectivity index (χ3v) is 3.10. The van der Waals surface area contributed by atoms with E-state index >= 15 is 0 Å². The second kappa shape index (κ2) is 4.96. The molecule has 0 aliphatic rings. The number of pyridine rings is 1. The Labute approximate surface area is 122 Å². The molecule has 96 valence electrons. The van der Waals surface area contributed by atoms with Gasteiger partial charge in [-0.05, 0) is 24.3 Å². The van der Waals surface area contributed by atoms with Crippen LogP contribution in [-0.4, -0.2) is 31.2 Å². The number of H-pyrrole nitrogens is 1. The SMILES string of the molecule is O=[N+]([O-])c1ccc(Oc2ccnc3[nH][c]([Al])cc23)cc1. The van der Waals surface area contributed by atoms with Crippen molar-refractivity contribution in [3.63, 3.8) is 0 Å². The quantitative estimate of drug-likeness (QED) is 0.452. The number of nitrogens with one attached hydrogen (secondary N) is 1. The molecule has 6 nitrogen and oxygen atoms in total. The summed E-state index contributed by atoms with van der Waals surface area (Å²) in [5.41, 5.74) is 0.764. The van der Waals surface area contributed by atoms with Crippen molar-refractivity contribution < 1.29 is 9.66 Å². The highest BCUT2D eigenvalue weighted by Gasteiger charge is 2.08. The van der Waals surface area contributed by atoms with Crippen molar-refractivity contribution in [2.24, 2.45) is 0 Å². The first-order valence-electron chi connectivity index (χ1n) is 5.79. The van der Waals surface area contributed by atoms with Crippen LogP contribution >= 0.6 is 0 Å². The summed E-state index contributed by atoms with van der Waals surface area (Å²) in [6.07, 6.45) is 1.64. The molecule has 0 bridgehead atoms. The minimum absolute atomic E-state index is 0.0334. The van der Waals surface area contributed by atoms with Crippen LogP contribution in [-0.2, 0) is 0 Å². The molecule has 0 unspecified atom stereocenters. The van der Waals surface area contributed by atoms with E-state index in [1.807, 2.05) is 6.07 Å². The number of rotatable bonds is 3. The second-order valence-corrected chi connectivity index (χ2v) is 4.77. The maximum absolute atomic E-state index is 10.6. The number of aromatic nitrogens is 2. The Morgan fingerprint density at radius 2 is 2.00 bits per heavy atom. The van der Waals surface area contributed by atoms with Gasteiger partial charge in [-0.3, -0.25) is 10.1 Å². The van der Waals surface area contributed by atoms with E-state index in [2.05, 4.69) is 26.3 Å². The molecule has 0 atom stereocenters. The smallest absolute Gasteiger partial charge is 0.269 e. The van der Waals surface area contributed by atoms with E-state index < -0.39 is 4.92 Å². The number of benzene rings is 1. The Hall–Kier alpha value is -2.36. The standard InChI is InChI=1S/C13H8N3O3.Al/c17-16(18)9-1-3-10(4-2-9)19-12-6-8-15-13-11(12)5-7-14-13;/h1-6,8H,(H,14,15);. The zero-order valence-corrected chi connectivity index (χ0v) is 11.4. The van der Waals surface area contributed by atoms with Crippen molar-refractivity contribution in [1.29, 1.82) is 0 Å². The lowest BCUT2D eigenvalue weighted by molar-refractivity contribution is -0.384. The van der Waals surface area contributed by atoms with E-state index in [1.165, 1.54) is 12.1 Å². The molecule has 1 N–H and O–H groups in total. The van der Waals surface area contributed by atoms with Crippen LogP contribution in [0.1, 0.15) is 0 Å². The van der Waals surface area contributed by atoms with E-state index in [9.17, 15) is 10.1 Å². The molecular weight excluding hydrogens is 273 g/mol. The molecule has 0 saturated carbocycles. The third-order valence-electron chi connectivity index (χ3n) is 2.79. The molecule has 2 aromatic heterocycles. The zero-order chi connectivity index (χ0) is 14.1. The average Bonchev–Trinajstić information content (AvgIpc) is 2.81. The fourth-order valence-electron chi connectivity index (χ4n) is 1.87. The van der Waals surface area contributed by atoms with Crippen molar-refractivity contribution >= 4 is 37.6 Å². The van der Waals surface area contributed by atoms with Gasteiger partial charge in [-0.1, -0.05) is 4.56 Å². The summed E-state index contributed by atoms with van der Waals surface area (Å²) >= 11 is 2.56. The fourth-order valence-corrected chi connectivity index (χ4v) is 2.18. The number of ether oxygens (including phenoxy) is 1. The Morgan fingerprint density at radius 3 is 2.70 bits per heavy atom. The molecule has 1 aromatic carbocycles. The molecular formula is C13H8AlN3O3. The van der Waals surface area contributed by atoms with Crippen LogP contribution in [0.15, 0.2) is 42.6 Å². The van der Waals surface area contributed by atoms with Gasteiger partial charge in [-0.15, -0.1) is 0 Å². The van der Waals surface area contributed by atoms with Gasteiger partial charge in [0.25, 0.3) is 5.69 Å². The predicted molar refractivity (Wildman–Crippen MR) is 74.7 cm³/mol. The molecule has 0 fully saturated rings. The minimum Gasteiger partial charge on any atom is -0.457 e. The number of non-ortho nitro benzene ring substituents is 1. The molecule has 3 rings (SSSR count). The number of nitro groups is 1. The molecule has 0 amide bonds. The van der Waals surface area contributed by atoms with Gasteiger partial charge in [-0.2, -0.15) is 0 Å². The highest BCUT2D eigenvalue weighted by molar-refractivity contribution is 6.32. The molecule has 3 aromatic rings. The Kier molecular flexibility index (Phi) is 3.14. The average molecular weight is 281 g/mol. The Morgan fingerprint density at radius 1 is 1.25 bits per heavy atom. The number of aromatic amines is 1. The predicted octanol–water partition coefficient (Wildman–Crippen LogP) is 2.06. The molecule has 0 saturated heterocycles. The van der Waals surface area contributed by atoms with Gasteiger partial charge in [-0.25, -0.2) is 4.98 Å². The fraction of sp³-hybridized carbons (Fsp3) is 0. The normalized spacial score (nSPS) is 10.6. The highest BCUT2D eigenvalue weighted by atomic mass is 27.0. The van der Waals surface area contributed by atoms with Crippen molar-refractivity contribution in [2.45, 2.75) is 0 Å². The van der Waals surface area contributed by atoms with Gasteiger partial charge in [0.2, 0.25) is 16.3 Å². The van der Waals surface area contributed by atoms with Crippen LogP contribution in [0.25, 0.3) is 11.0 Å². The monoisotopic (exact) mass is 281 g/mol. The lowest BCUT2D eigenvalue weighted by atomic mass is 10.3. The summed E-state index contributed by atoms with van der Waals surface area (Å²) in [6.45, 7) is 0. The zero-order valence-electron chi connectivity index (χ0n) is 10.2. The van der Waals surface area contributed by atoms with Crippen LogP contribution in [0.3, 0.4) is 0 Å². The number of hydrogen-bond donors (Lipinski definition) is 1. The first-order valence-corrected chi connectivity index (χ1v) is 6.37. The molecule has 0 aliphatic heterocycles. The molecule has 0 spiro atoms. The topological polar surface area (TPSA) is 81.1 Å². The summed E-state index contributed by atoms with van der Waals surface area (Å²) in [6, 6.07) is 9.62. The Bertz CT molecular complexity index is 783. The van der Waals surface area contributed by atoms with Gasteiger partial charge in [0.15, 0.2) is 0 Å². The van der Waals surface area contributed by atoms with Crippen molar-refractivity contribution in [3.8, 4) is 11.5 Å². The van der Waals surface area contributed by atoms with Crippen LogP contribution in [0.5, 0.6) is 11.5 Å². The van der Waals surface area contributed by atoms with E-state index in [1.54, 1.807) is 24.4 Å². The first-order chi connectivity index (χ1) is 9.63. The van der Waals surface area contributed by atoms with Crippen LogP contribution < -0.4 is 9.29 Å². The third kappa shape index (κ3) is 2.37. The van der Waals surface area contributed by atoms with Crippen LogP contribution in [0, 0.1) is 10.1 Å². The minimum atomic E-state index is -0.443. The van der Waals surface area contributed by atoms with Gasteiger partial charge in [0, 0.05) is 18.3 Å². The van der Waals surface area contributed by atoms with E-state index in [0.717, 1.165) is 15.6 Å². The van der Waals surface area contributed by atoms with Gasteiger partial charge >= 0.3 is 0 Å². The maximum Gasteiger partial charge on any atom is 0.269 e. The van der Waals surface area contributed by atoms with Crippen molar-refractivity contribution in [1.82, 2.24) is 9.97 Å². The number of fused-ring (bicyclic) bond motifs is 1. The number of nitro benzene ring substituents is 1. The molecule has 7 heteroatoms. The summed E-state index contributed by atoms with van der Waals surface area (Å²) in [4.78, 5) is 17.4. The van der Waals surface area contributed by atoms with E-state index in [4.69, 9.17) is 4.74 Å². The van der Waals surface area contributed by atoms with Gasteiger partial charge in [0.05, 0.1) is 10.3 Å². The summed E-state index contributed by atoms with van der Waals surface area (Å²) in [5, 5.41) is 11.5. The lowest BCUT2D eigenvalue weighted by Crippen LogP contribution is -1.99. The summed E-state index contributed by atoms with van der Waals surface area (Å²) < 4.78 is 6.66. The highest BCUT2D eigenvalue weighted by Crippen LogP contribution is 2.28. The molecule has 0 aliphatic carbocycles. The maximum atomic E-state index is 10.6.